The molecule has 0 fully saturated rings. The molecule has 2 rings (SSSR count). The van der Waals surface area contributed by atoms with E-state index < -0.39 is 7.12 Å². The lowest BCUT2D eigenvalue weighted by Crippen LogP contribution is -2.21. The van der Waals surface area contributed by atoms with Gasteiger partial charge in [-0.3, -0.25) is 0 Å². The van der Waals surface area contributed by atoms with Crippen LogP contribution in [0.15, 0.2) is 33.4 Å². The van der Waals surface area contributed by atoms with E-state index >= 15 is 0 Å². The van der Waals surface area contributed by atoms with Gasteiger partial charge in [0.1, 0.15) is 0 Å². The SMILES string of the molecule is OB(O)C1=C2C=NN=C2C=CC1. The van der Waals surface area contributed by atoms with Crippen molar-refractivity contribution in [1.82, 2.24) is 0 Å². The molecule has 0 saturated carbocycles. The minimum Gasteiger partial charge on any atom is -0.423 e. The van der Waals surface area contributed by atoms with Crippen molar-refractivity contribution in [2.24, 2.45) is 10.2 Å². The topological polar surface area (TPSA) is 65.2 Å². The first kappa shape index (κ1) is 7.45. The fourth-order valence-corrected chi connectivity index (χ4v) is 1.29. The maximum absolute atomic E-state index is 8.97. The highest BCUT2D eigenvalue weighted by atomic mass is 16.4. The molecular weight excluding hydrogens is 155 g/mol. The summed E-state index contributed by atoms with van der Waals surface area (Å²) in [4.78, 5) is 0. The van der Waals surface area contributed by atoms with Crippen LogP contribution in [0.2, 0.25) is 0 Å². The Hall–Kier alpha value is -1.20. The van der Waals surface area contributed by atoms with Gasteiger partial charge in [0.05, 0.1) is 11.9 Å². The van der Waals surface area contributed by atoms with E-state index in [9.17, 15) is 0 Å². The lowest BCUT2D eigenvalue weighted by atomic mass is 9.72. The van der Waals surface area contributed by atoms with Crippen molar-refractivity contribution in [2.45, 2.75) is 6.42 Å². The Bertz CT molecular complexity index is 328. The van der Waals surface area contributed by atoms with E-state index in [4.69, 9.17) is 10.0 Å². The van der Waals surface area contributed by atoms with Gasteiger partial charge >= 0.3 is 7.12 Å². The zero-order valence-electron chi connectivity index (χ0n) is 6.31. The van der Waals surface area contributed by atoms with E-state index in [2.05, 4.69) is 10.2 Å². The van der Waals surface area contributed by atoms with Crippen molar-refractivity contribution in [3.05, 3.63) is 23.2 Å². The highest BCUT2D eigenvalue weighted by molar-refractivity contribution is 6.54. The molecule has 0 unspecified atom stereocenters. The summed E-state index contributed by atoms with van der Waals surface area (Å²) < 4.78 is 0. The van der Waals surface area contributed by atoms with Crippen LogP contribution in [0.4, 0.5) is 0 Å². The van der Waals surface area contributed by atoms with Crippen LogP contribution in [-0.4, -0.2) is 29.1 Å². The summed E-state index contributed by atoms with van der Waals surface area (Å²) in [6, 6.07) is 0. The summed E-state index contributed by atoms with van der Waals surface area (Å²) in [5, 5.41) is 25.4. The molecule has 4 nitrogen and oxygen atoms in total. The normalized spacial score (nSPS) is 19.7. The van der Waals surface area contributed by atoms with Crippen molar-refractivity contribution in [3.63, 3.8) is 0 Å². The summed E-state index contributed by atoms with van der Waals surface area (Å²) in [6.45, 7) is 0. The number of hydrogen-bond donors (Lipinski definition) is 2. The van der Waals surface area contributed by atoms with Crippen molar-refractivity contribution in [3.8, 4) is 0 Å². The zero-order valence-corrected chi connectivity index (χ0v) is 6.31. The molecule has 0 aromatic heterocycles. The smallest absolute Gasteiger partial charge is 0.423 e. The molecule has 0 amide bonds. The van der Waals surface area contributed by atoms with E-state index in [1.165, 1.54) is 0 Å². The van der Waals surface area contributed by atoms with Gasteiger partial charge < -0.3 is 10.0 Å². The molecule has 0 bridgehead atoms. The molecule has 1 aliphatic heterocycles. The van der Waals surface area contributed by atoms with Crippen LogP contribution in [0, 0.1) is 0 Å². The van der Waals surface area contributed by atoms with Crippen LogP contribution in [-0.2, 0) is 0 Å². The molecule has 0 radical (unpaired) electrons. The molecule has 5 heteroatoms. The first-order valence-electron chi connectivity index (χ1n) is 3.66. The van der Waals surface area contributed by atoms with Crippen LogP contribution in [0.3, 0.4) is 0 Å². The van der Waals surface area contributed by atoms with Crippen molar-refractivity contribution >= 4 is 19.0 Å². The van der Waals surface area contributed by atoms with E-state index in [0.717, 1.165) is 5.57 Å². The average Bonchev–Trinajstić information content (AvgIpc) is 2.49. The zero-order chi connectivity index (χ0) is 8.55. The molecule has 0 atom stereocenters. The summed E-state index contributed by atoms with van der Waals surface area (Å²) >= 11 is 0. The van der Waals surface area contributed by atoms with E-state index in [-0.39, 0.29) is 0 Å². The Kier molecular flexibility index (Phi) is 1.67. The first-order valence-corrected chi connectivity index (χ1v) is 3.66. The molecule has 0 aromatic rings. The molecule has 1 heterocycles. The van der Waals surface area contributed by atoms with E-state index in [1.807, 2.05) is 12.2 Å². The van der Waals surface area contributed by atoms with Crippen LogP contribution >= 0.6 is 0 Å². The second-order valence-electron chi connectivity index (χ2n) is 2.65. The van der Waals surface area contributed by atoms with Gasteiger partial charge in [0, 0.05) is 5.57 Å². The van der Waals surface area contributed by atoms with Crippen LogP contribution in [0.1, 0.15) is 6.42 Å². The largest absolute Gasteiger partial charge is 0.485 e. The van der Waals surface area contributed by atoms with Crippen molar-refractivity contribution in [2.75, 3.05) is 0 Å². The summed E-state index contributed by atoms with van der Waals surface area (Å²) in [7, 11) is -1.40. The molecule has 0 spiro atoms. The van der Waals surface area contributed by atoms with Gasteiger partial charge in [-0.15, -0.1) is 0 Å². The molecule has 0 aromatic carbocycles. The predicted octanol–water partition coefficient (Wildman–Crippen LogP) is -0.305. The maximum Gasteiger partial charge on any atom is 0.485 e. The molecular formula is C7H7BN2O2. The molecule has 12 heavy (non-hydrogen) atoms. The lowest BCUT2D eigenvalue weighted by Gasteiger charge is -2.10. The molecule has 0 saturated heterocycles. The van der Waals surface area contributed by atoms with Crippen molar-refractivity contribution < 1.29 is 10.0 Å². The van der Waals surface area contributed by atoms with Gasteiger partial charge in [-0.05, 0) is 18.0 Å². The van der Waals surface area contributed by atoms with Crippen molar-refractivity contribution in [1.29, 1.82) is 0 Å². The van der Waals surface area contributed by atoms with Crippen LogP contribution in [0.5, 0.6) is 0 Å². The fraction of sp³-hybridized carbons (Fsp3) is 0.143. The maximum atomic E-state index is 8.97. The second-order valence-corrected chi connectivity index (χ2v) is 2.65. The third kappa shape index (κ3) is 1.03. The molecule has 60 valence electrons. The number of allylic oxidation sites excluding steroid dienone is 4. The number of fused-ring (bicyclic) bond motifs is 1. The minimum atomic E-state index is -1.40. The fourth-order valence-electron chi connectivity index (χ4n) is 1.29. The molecule has 2 aliphatic rings. The highest BCUT2D eigenvalue weighted by Gasteiger charge is 2.24. The van der Waals surface area contributed by atoms with E-state index in [0.29, 0.717) is 17.6 Å². The number of rotatable bonds is 1. The van der Waals surface area contributed by atoms with Crippen LogP contribution < -0.4 is 0 Å². The third-order valence-electron chi connectivity index (χ3n) is 1.90. The standard InChI is InChI=1S/C7H7BN2O2/c11-8(12)6-2-1-3-7-5(6)4-9-10-7/h1,3-4,11-12H,2H2. The molecule has 1 aliphatic carbocycles. The number of hydrogen-bond acceptors (Lipinski definition) is 4. The predicted molar refractivity (Wildman–Crippen MR) is 46.9 cm³/mol. The first-order chi connectivity index (χ1) is 5.79. The van der Waals surface area contributed by atoms with Gasteiger partial charge in [0.15, 0.2) is 0 Å². The average molecular weight is 162 g/mol. The van der Waals surface area contributed by atoms with Gasteiger partial charge in [-0.25, -0.2) is 0 Å². The summed E-state index contributed by atoms with van der Waals surface area (Å²) in [6.07, 6.45) is 5.77. The van der Waals surface area contributed by atoms with Gasteiger partial charge in [0.25, 0.3) is 0 Å². The Morgan fingerprint density at radius 2 is 2.25 bits per heavy atom. The van der Waals surface area contributed by atoms with Crippen LogP contribution in [0.25, 0.3) is 0 Å². The number of nitrogens with zero attached hydrogens (tertiary/aromatic N) is 2. The molecule has 2 N–H and O–H groups in total. The lowest BCUT2D eigenvalue weighted by molar-refractivity contribution is 0.417. The Labute approximate surface area is 69.8 Å². The Morgan fingerprint density at radius 3 is 3.00 bits per heavy atom. The third-order valence-corrected chi connectivity index (χ3v) is 1.90. The summed E-state index contributed by atoms with van der Waals surface area (Å²) in [5.74, 6) is 0. The van der Waals surface area contributed by atoms with Gasteiger partial charge in [0.2, 0.25) is 0 Å². The van der Waals surface area contributed by atoms with E-state index in [1.54, 1.807) is 6.21 Å². The monoisotopic (exact) mass is 162 g/mol. The quantitative estimate of drug-likeness (QED) is 0.519. The second kappa shape index (κ2) is 2.69. The Balaban J connectivity index is 2.44. The minimum absolute atomic E-state index is 0.554. The Morgan fingerprint density at radius 1 is 1.42 bits per heavy atom. The summed E-state index contributed by atoms with van der Waals surface area (Å²) in [5.41, 5.74) is 2.02. The highest BCUT2D eigenvalue weighted by Crippen LogP contribution is 2.20. The van der Waals surface area contributed by atoms with Gasteiger partial charge in [-0.2, -0.15) is 10.2 Å². The van der Waals surface area contributed by atoms with Gasteiger partial charge in [-0.1, -0.05) is 6.08 Å².